The van der Waals surface area contributed by atoms with Crippen molar-refractivity contribution in [2.24, 2.45) is 11.1 Å². The number of amides is 1. The van der Waals surface area contributed by atoms with Crippen molar-refractivity contribution in [3.8, 4) is 0 Å². The normalized spacial score (nSPS) is 20.9. The zero-order chi connectivity index (χ0) is 16.3. The van der Waals surface area contributed by atoms with Gasteiger partial charge < -0.3 is 10.6 Å². The first-order valence-corrected chi connectivity index (χ1v) is 8.95. The molecule has 2 heterocycles. The van der Waals surface area contributed by atoms with E-state index in [2.05, 4.69) is 36.2 Å². The molecule has 1 unspecified atom stereocenters. The van der Waals surface area contributed by atoms with E-state index >= 15 is 0 Å². The molecular formula is C18H23N3OS. The molecule has 2 N–H and O–H groups in total. The summed E-state index contributed by atoms with van der Waals surface area (Å²) < 4.78 is 0. The molecule has 1 atom stereocenters. The zero-order valence-corrected chi connectivity index (χ0v) is 14.3. The van der Waals surface area contributed by atoms with Crippen LogP contribution in [0.2, 0.25) is 0 Å². The molecule has 1 amide bonds. The highest BCUT2D eigenvalue weighted by Crippen LogP contribution is 2.35. The van der Waals surface area contributed by atoms with Gasteiger partial charge in [-0.2, -0.15) is 0 Å². The number of likely N-dealkylation sites (tertiary alicyclic amines) is 1. The van der Waals surface area contributed by atoms with Crippen LogP contribution in [0.3, 0.4) is 0 Å². The average Bonchev–Trinajstić information content (AvgIpc) is 3.21. The number of aromatic nitrogens is 1. The van der Waals surface area contributed by atoms with Crippen LogP contribution in [0.15, 0.2) is 35.7 Å². The molecule has 1 aliphatic heterocycles. The molecule has 0 radical (unpaired) electrons. The van der Waals surface area contributed by atoms with Crippen LogP contribution in [0.4, 0.5) is 0 Å². The molecule has 1 aromatic carbocycles. The lowest BCUT2D eigenvalue weighted by molar-refractivity contribution is 0.0768. The molecule has 1 aliphatic rings. The fourth-order valence-corrected chi connectivity index (χ4v) is 3.81. The molecule has 4 nitrogen and oxygen atoms in total. The molecule has 2 aromatic rings. The minimum Gasteiger partial charge on any atom is -0.337 e. The van der Waals surface area contributed by atoms with Gasteiger partial charge in [0.15, 0.2) is 0 Å². The van der Waals surface area contributed by atoms with E-state index in [1.807, 2.05) is 16.3 Å². The number of rotatable bonds is 5. The zero-order valence-electron chi connectivity index (χ0n) is 13.5. The summed E-state index contributed by atoms with van der Waals surface area (Å²) in [6.45, 7) is 4.32. The van der Waals surface area contributed by atoms with Gasteiger partial charge in [0.2, 0.25) is 0 Å². The van der Waals surface area contributed by atoms with Crippen LogP contribution in [0, 0.1) is 5.41 Å². The number of hydrogen-bond donors (Lipinski definition) is 1. The van der Waals surface area contributed by atoms with E-state index < -0.39 is 0 Å². The first kappa shape index (κ1) is 16.1. The number of hydrogen-bond acceptors (Lipinski definition) is 4. The Labute approximate surface area is 141 Å². The van der Waals surface area contributed by atoms with Crippen molar-refractivity contribution in [3.05, 3.63) is 52.0 Å². The van der Waals surface area contributed by atoms with Crippen molar-refractivity contribution < 1.29 is 4.79 Å². The topological polar surface area (TPSA) is 59.2 Å². The summed E-state index contributed by atoms with van der Waals surface area (Å²) in [6, 6.07) is 10.6. The second kappa shape index (κ2) is 6.81. The highest BCUT2D eigenvalue weighted by atomic mass is 32.1. The van der Waals surface area contributed by atoms with Gasteiger partial charge in [-0.05, 0) is 30.2 Å². The number of nitrogens with zero attached hydrogens (tertiary/aromatic N) is 2. The monoisotopic (exact) mass is 329 g/mol. The number of nitrogens with two attached hydrogens (primary N) is 1. The fraction of sp³-hybridized carbons (Fsp3) is 0.444. The minimum atomic E-state index is 0.0457. The summed E-state index contributed by atoms with van der Waals surface area (Å²) >= 11 is 1.46. The van der Waals surface area contributed by atoms with E-state index in [0.29, 0.717) is 12.2 Å². The van der Waals surface area contributed by atoms with Gasteiger partial charge in [0.05, 0.1) is 0 Å². The van der Waals surface area contributed by atoms with Crippen LogP contribution >= 0.6 is 11.3 Å². The third-order valence-electron chi connectivity index (χ3n) is 4.65. The lowest BCUT2D eigenvalue weighted by atomic mass is 9.83. The Morgan fingerprint density at radius 1 is 1.39 bits per heavy atom. The molecule has 1 aromatic heterocycles. The highest BCUT2D eigenvalue weighted by molar-refractivity contribution is 7.09. The first-order chi connectivity index (χ1) is 11.1. The van der Waals surface area contributed by atoms with Gasteiger partial charge in [-0.3, -0.25) is 4.79 Å². The summed E-state index contributed by atoms with van der Waals surface area (Å²) in [6.07, 6.45) is 3.22. The third kappa shape index (κ3) is 3.79. The van der Waals surface area contributed by atoms with Crippen molar-refractivity contribution >= 4 is 17.2 Å². The van der Waals surface area contributed by atoms with Crippen LogP contribution in [-0.2, 0) is 13.0 Å². The third-order valence-corrected chi connectivity index (χ3v) is 5.52. The van der Waals surface area contributed by atoms with Crippen LogP contribution in [0.5, 0.6) is 0 Å². The van der Waals surface area contributed by atoms with Crippen LogP contribution in [0.1, 0.15) is 40.8 Å². The van der Waals surface area contributed by atoms with Gasteiger partial charge in [0.25, 0.3) is 5.91 Å². The Balaban J connectivity index is 1.59. The van der Waals surface area contributed by atoms with Crippen LogP contribution in [-0.4, -0.2) is 28.9 Å². The van der Waals surface area contributed by atoms with E-state index in [9.17, 15) is 4.79 Å². The SMILES string of the molecule is CC1(CCc2ccccc2)CCN(C(=O)c2csc(CN)n2)C1. The molecule has 5 heteroatoms. The molecule has 0 bridgehead atoms. The number of thiazole rings is 1. The predicted octanol–water partition coefficient (Wildman–Crippen LogP) is 3.09. The van der Waals surface area contributed by atoms with E-state index in [1.54, 1.807) is 0 Å². The molecule has 3 rings (SSSR count). The quantitative estimate of drug-likeness (QED) is 0.917. The maximum atomic E-state index is 12.6. The fourth-order valence-electron chi connectivity index (χ4n) is 3.16. The van der Waals surface area contributed by atoms with Crippen LogP contribution < -0.4 is 5.73 Å². The Bertz CT molecular complexity index is 670. The lowest BCUT2D eigenvalue weighted by Crippen LogP contribution is -2.31. The van der Waals surface area contributed by atoms with E-state index in [-0.39, 0.29) is 11.3 Å². The molecular weight excluding hydrogens is 306 g/mol. The number of aryl methyl sites for hydroxylation is 1. The molecule has 122 valence electrons. The first-order valence-electron chi connectivity index (χ1n) is 8.07. The van der Waals surface area contributed by atoms with Gasteiger partial charge in [-0.1, -0.05) is 37.3 Å². The number of carbonyl (C=O) groups excluding carboxylic acids is 1. The summed E-state index contributed by atoms with van der Waals surface area (Å²) in [7, 11) is 0. The highest BCUT2D eigenvalue weighted by Gasteiger charge is 2.36. The van der Waals surface area contributed by atoms with Gasteiger partial charge in [-0.25, -0.2) is 4.98 Å². The van der Waals surface area contributed by atoms with Gasteiger partial charge >= 0.3 is 0 Å². The largest absolute Gasteiger partial charge is 0.337 e. The van der Waals surface area contributed by atoms with Gasteiger partial charge in [-0.15, -0.1) is 11.3 Å². The Kier molecular flexibility index (Phi) is 4.78. The summed E-state index contributed by atoms with van der Waals surface area (Å²) in [5.74, 6) is 0.0457. The minimum absolute atomic E-state index is 0.0457. The van der Waals surface area contributed by atoms with E-state index in [0.717, 1.165) is 37.4 Å². The van der Waals surface area contributed by atoms with Crippen molar-refractivity contribution in [3.63, 3.8) is 0 Å². The van der Waals surface area contributed by atoms with Crippen molar-refractivity contribution in [2.75, 3.05) is 13.1 Å². The van der Waals surface area contributed by atoms with E-state index in [4.69, 9.17) is 5.73 Å². The lowest BCUT2D eigenvalue weighted by Gasteiger charge is -2.24. The number of benzene rings is 1. The summed E-state index contributed by atoms with van der Waals surface area (Å²) in [5.41, 5.74) is 7.68. The Morgan fingerprint density at radius 3 is 2.87 bits per heavy atom. The second-order valence-corrected chi connectivity index (χ2v) is 7.55. The summed E-state index contributed by atoms with van der Waals surface area (Å²) in [4.78, 5) is 18.8. The Morgan fingerprint density at radius 2 is 2.17 bits per heavy atom. The van der Waals surface area contributed by atoms with Crippen molar-refractivity contribution in [2.45, 2.75) is 32.7 Å². The molecule has 0 saturated carbocycles. The standard InChI is InChI=1S/C18H23N3OS/c1-18(8-7-14-5-3-2-4-6-14)9-10-21(13-18)17(22)15-12-23-16(11-19)20-15/h2-6,12H,7-11,13,19H2,1H3. The maximum absolute atomic E-state index is 12.6. The molecule has 1 saturated heterocycles. The Hall–Kier alpha value is -1.72. The molecule has 0 aliphatic carbocycles. The molecule has 0 spiro atoms. The average molecular weight is 329 g/mol. The van der Waals surface area contributed by atoms with E-state index in [1.165, 1.54) is 16.9 Å². The summed E-state index contributed by atoms with van der Waals surface area (Å²) in [5, 5.41) is 2.64. The van der Waals surface area contributed by atoms with Crippen molar-refractivity contribution in [1.29, 1.82) is 0 Å². The van der Waals surface area contributed by atoms with Crippen molar-refractivity contribution in [1.82, 2.24) is 9.88 Å². The molecule has 1 fully saturated rings. The van der Waals surface area contributed by atoms with Gasteiger partial charge in [0, 0.05) is 25.0 Å². The smallest absolute Gasteiger partial charge is 0.273 e. The predicted molar refractivity (Wildman–Crippen MR) is 93.4 cm³/mol. The van der Waals surface area contributed by atoms with Gasteiger partial charge in [0.1, 0.15) is 10.7 Å². The van der Waals surface area contributed by atoms with Crippen LogP contribution in [0.25, 0.3) is 0 Å². The second-order valence-electron chi connectivity index (χ2n) is 6.60. The number of carbonyl (C=O) groups is 1. The molecule has 23 heavy (non-hydrogen) atoms. The maximum Gasteiger partial charge on any atom is 0.273 e.